The molecule has 0 aliphatic carbocycles. The van der Waals surface area contributed by atoms with E-state index in [0.717, 1.165) is 18.0 Å². The molecule has 0 saturated carbocycles. The molecule has 18 heavy (non-hydrogen) atoms. The summed E-state index contributed by atoms with van der Waals surface area (Å²) in [5.41, 5.74) is -0.803. The summed E-state index contributed by atoms with van der Waals surface area (Å²) >= 11 is 0. The van der Waals surface area contributed by atoms with E-state index in [1.165, 1.54) is 0 Å². The number of aliphatic carboxylic acids is 1. The number of carbonyl (C=O) groups is 3. The third-order valence-electron chi connectivity index (χ3n) is 3.64. The summed E-state index contributed by atoms with van der Waals surface area (Å²) < 4.78 is 0. The van der Waals surface area contributed by atoms with E-state index in [0.29, 0.717) is 12.8 Å². The molecule has 0 aromatic heterocycles. The van der Waals surface area contributed by atoms with Gasteiger partial charge in [0.2, 0.25) is 0 Å². The first-order valence-corrected chi connectivity index (χ1v) is 5.99. The first kappa shape index (κ1) is 12.8. The maximum atomic E-state index is 12.2. The SMILES string of the molecule is CN1CCC2(CC1)NC(=O)N(CCC(=O)O)C2=O. The van der Waals surface area contributed by atoms with Gasteiger partial charge >= 0.3 is 12.0 Å². The molecule has 7 nitrogen and oxygen atoms in total. The van der Waals surface area contributed by atoms with Crippen molar-refractivity contribution in [1.82, 2.24) is 15.1 Å². The van der Waals surface area contributed by atoms with Gasteiger partial charge in [-0.15, -0.1) is 0 Å². The predicted octanol–water partition coefficient (Wildman–Crippen LogP) is -0.523. The van der Waals surface area contributed by atoms with Gasteiger partial charge in [-0.05, 0) is 19.9 Å². The van der Waals surface area contributed by atoms with E-state index in [2.05, 4.69) is 10.2 Å². The van der Waals surface area contributed by atoms with Crippen molar-refractivity contribution < 1.29 is 19.5 Å². The fraction of sp³-hybridized carbons (Fsp3) is 0.727. The number of hydrogen-bond acceptors (Lipinski definition) is 4. The average Bonchev–Trinajstić information content (AvgIpc) is 2.53. The molecular weight excluding hydrogens is 238 g/mol. The molecule has 0 radical (unpaired) electrons. The Labute approximate surface area is 105 Å². The van der Waals surface area contributed by atoms with Crippen molar-refractivity contribution in [3.05, 3.63) is 0 Å². The van der Waals surface area contributed by atoms with Crippen molar-refractivity contribution in [1.29, 1.82) is 0 Å². The minimum atomic E-state index is -1.01. The second kappa shape index (κ2) is 4.56. The number of likely N-dealkylation sites (tertiary alicyclic amines) is 1. The standard InChI is InChI=1S/C11H17N3O4/c1-13-6-3-11(4-7-13)9(17)14(10(18)12-11)5-2-8(15)16/h2-7H2,1H3,(H,12,18)(H,15,16). The fourth-order valence-electron chi connectivity index (χ4n) is 2.43. The van der Waals surface area contributed by atoms with Gasteiger partial charge in [-0.1, -0.05) is 0 Å². The van der Waals surface area contributed by atoms with Gasteiger partial charge in [0.25, 0.3) is 5.91 Å². The first-order chi connectivity index (χ1) is 8.44. The summed E-state index contributed by atoms with van der Waals surface area (Å²) in [5, 5.41) is 11.3. The number of piperidine rings is 1. The molecule has 100 valence electrons. The molecule has 7 heteroatoms. The fourth-order valence-corrected chi connectivity index (χ4v) is 2.43. The van der Waals surface area contributed by atoms with Gasteiger partial charge in [0.15, 0.2) is 0 Å². The van der Waals surface area contributed by atoms with Crippen LogP contribution in [0.25, 0.3) is 0 Å². The number of carbonyl (C=O) groups excluding carboxylic acids is 2. The number of rotatable bonds is 3. The number of carboxylic acid groups (broad SMARTS) is 1. The van der Waals surface area contributed by atoms with Crippen molar-refractivity contribution >= 4 is 17.9 Å². The molecule has 1 spiro atoms. The topological polar surface area (TPSA) is 90.0 Å². The maximum absolute atomic E-state index is 12.2. The molecule has 2 heterocycles. The lowest BCUT2D eigenvalue weighted by Crippen LogP contribution is -2.54. The number of hydrogen-bond donors (Lipinski definition) is 2. The third kappa shape index (κ3) is 2.17. The molecule has 2 aliphatic rings. The summed E-state index contributed by atoms with van der Waals surface area (Å²) in [4.78, 5) is 37.6. The zero-order valence-corrected chi connectivity index (χ0v) is 10.3. The summed E-state index contributed by atoms with van der Waals surface area (Å²) in [6.07, 6.45) is 0.949. The van der Waals surface area contributed by atoms with Crippen LogP contribution in [-0.4, -0.2) is 65.0 Å². The highest BCUT2D eigenvalue weighted by Gasteiger charge is 2.51. The van der Waals surface area contributed by atoms with Crippen LogP contribution in [0.15, 0.2) is 0 Å². The summed E-state index contributed by atoms with van der Waals surface area (Å²) in [6.45, 7) is 1.44. The minimum absolute atomic E-state index is 0.0579. The maximum Gasteiger partial charge on any atom is 0.325 e. The molecule has 0 bridgehead atoms. The van der Waals surface area contributed by atoms with Crippen LogP contribution < -0.4 is 5.32 Å². The number of carboxylic acids is 1. The smallest absolute Gasteiger partial charge is 0.325 e. The molecule has 0 unspecified atom stereocenters. The second-order valence-electron chi connectivity index (χ2n) is 4.92. The van der Waals surface area contributed by atoms with E-state index in [1.54, 1.807) is 0 Å². The van der Waals surface area contributed by atoms with E-state index in [1.807, 2.05) is 7.05 Å². The van der Waals surface area contributed by atoms with Crippen molar-refractivity contribution in [2.24, 2.45) is 0 Å². The van der Waals surface area contributed by atoms with E-state index < -0.39 is 17.5 Å². The zero-order valence-electron chi connectivity index (χ0n) is 10.3. The Bertz CT molecular complexity index is 388. The number of urea groups is 1. The molecular formula is C11H17N3O4. The molecule has 2 rings (SSSR count). The summed E-state index contributed by atoms with van der Waals surface area (Å²) in [6, 6.07) is -0.467. The molecule has 3 amide bonds. The van der Waals surface area contributed by atoms with E-state index >= 15 is 0 Å². The Morgan fingerprint density at radius 1 is 1.39 bits per heavy atom. The lowest BCUT2D eigenvalue weighted by atomic mass is 9.88. The molecule has 2 N–H and O–H groups in total. The molecule has 2 fully saturated rings. The van der Waals surface area contributed by atoms with Crippen molar-refractivity contribution in [3.8, 4) is 0 Å². The van der Waals surface area contributed by atoms with Crippen LogP contribution in [0.5, 0.6) is 0 Å². The number of nitrogens with one attached hydrogen (secondary N) is 1. The highest BCUT2D eigenvalue weighted by molar-refractivity contribution is 6.07. The number of imide groups is 1. The van der Waals surface area contributed by atoms with E-state index in [9.17, 15) is 14.4 Å². The summed E-state index contributed by atoms with van der Waals surface area (Å²) in [5.74, 6) is -1.29. The minimum Gasteiger partial charge on any atom is -0.481 e. The van der Waals surface area contributed by atoms with E-state index in [4.69, 9.17) is 5.11 Å². The van der Waals surface area contributed by atoms with Crippen LogP contribution in [0.1, 0.15) is 19.3 Å². The highest BCUT2D eigenvalue weighted by Crippen LogP contribution is 2.28. The van der Waals surface area contributed by atoms with Gasteiger partial charge in [0, 0.05) is 19.6 Å². The Hall–Kier alpha value is -1.63. The number of nitrogens with zero attached hydrogens (tertiary/aromatic N) is 2. The summed E-state index contributed by atoms with van der Waals surface area (Å²) in [7, 11) is 1.97. The van der Waals surface area contributed by atoms with Crippen LogP contribution in [0.4, 0.5) is 4.79 Å². The van der Waals surface area contributed by atoms with Gasteiger partial charge in [-0.3, -0.25) is 14.5 Å². The first-order valence-electron chi connectivity index (χ1n) is 5.99. The molecule has 0 atom stereocenters. The molecule has 0 aromatic carbocycles. The Morgan fingerprint density at radius 3 is 2.56 bits per heavy atom. The van der Waals surface area contributed by atoms with Crippen LogP contribution in [0.2, 0.25) is 0 Å². The monoisotopic (exact) mass is 255 g/mol. The normalized spacial score (nSPS) is 23.5. The van der Waals surface area contributed by atoms with Crippen LogP contribution in [0.3, 0.4) is 0 Å². The quantitative estimate of drug-likeness (QED) is 0.662. The van der Waals surface area contributed by atoms with Crippen molar-refractivity contribution in [3.63, 3.8) is 0 Å². The van der Waals surface area contributed by atoms with Crippen LogP contribution >= 0.6 is 0 Å². The Balaban J connectivity index is 2.06. The lowest BCUT2D eigenvalue weighted by molar-refractivity contribution is -0.138. The van der Waals surface area contributed by atoms with Gasteiger partial charge in [-0.25, -0.2) is 4.79 Å². The van der Waals surface area contributed by atoms with Crippen molar-refractivity contribution in [2.75, 3.05) is 26.7 Å². The van der Waals surface area contributed by atoms with E-state index in [-0.39, 0.29) is 18.9 Å². The highest BCUT2D eigenvalue weighted by atomic mass is 16.4. The van der Waals surface area contributed by atoms with Gasteiger partial charge in [0.1, 0.15) is 5.54 Å². The molecule has 2 aliphatic heterocycles. The van der Waals surface area contributed by atoms with Gasteiger partial charge < -0.3 is 15.3 Å². The van der Waals surface area contributed by atoms with Crippen LogP contribution in [0, 0.1) is 0 Å². The predicted molar refractivity (Wildman–Crippen MR) is 62.0 cm³/mol. The third-order valence-corrected chi connectivity index (χ3v) is 3.64. The van der Waals surface area contributed by atoms with Gasteiger partial charge in [-0.2, -0.15) is 0 Å². The van der Waals surface area contributed by atoms with Crippen molar-refractivity contribution in [2.45, 2.75) is 24.8 Å². The average molecular weight is 255 g/mol. The largest absolute Gasteiger partial charge is 0.481 e. The lowest BCUT2D eigenvalue weighted by Gasteiger charge is -2.35. The second-order valence-corrected chi connectivity index (χ2v) is 4.92. The van der Waals surface area contributed by atoms with Gasteiger partial charge in [0.05, 0.1) is 6.42 Å². The molecule has 2 saturated heterocycles. The number of amides is 3. The van der Waals surface area contributed by atoms with Crippen LogP contribution in [-0.2, 0) is 9.59 Å². The molecule has 0 aromatic rings. The Morgan fingerprint density at radius 2 is 2.00 bits per heavy atom. The zero-order chi connectivity index (χ0) is 13.3. The Kier molecular flexibility index (Phi) is 3.25.